The quantitative estimate of drug-likeness (QED) is 0.721. The third-order valence-electron chi connectivity index (χ3n) is 4.87. The van der Waals surface area contributed by atoms with E-state index in [1.807, 2.05) is 39.9 Å². The van der Waals surface area contributed by atoms with Gasteiger partial charge in [0, 0.05) is 37.2 Å². The van der Waals surface area contributed by atoms with Gasteiger partial charge in [0.25, 0.3) is 0 Å². The first-order valence-corrected chi connectivity index (χ1v) is 9.36. The Balaban J connectivity index is 1.37. The second-order valence-corrected chi connectivity index (χ2v) is 7.14. The molecule has 1 aliphatic rings. The highest BCUT2D eigenvalue weighted by Gasteiger charge is 2.32. The predicted octanol–water partition coefficient (Wildman–Crippen LogP) is 4.05. The molecule has 138 valence electrons. The SMILES string of the molecule is Cc1cccc(CN(C(=O)NCc2ccc(-n3ccnc3)cc2)C2CC2)c1. The van der Waals surface area contributed by atoms with Gasteiger partial charge in [0.1, 0.15) is 0 Å². The van der Waals surface area contributed by atoms with Gasteiger partial charge in [-0.15, -0.1) is 0 Å². The minimum absolute atomic E-state index is 0.0118. The summed E-state index contributed by atoms with van der Waals surface area (Å²) >= 11 is 0. The zero-order valence-electron chi connectivity index (χ0n) is 15.5. The van der Waals surface area contributed by atoms with Gasteiger partial charge in [-0.3, -0.25) is 0 Å². The molecule has 0 aliphatic heterocycles. The van der Waals surface area contributed by atoms with E-state index >= 15 is 0 Å². The van der Waals surface area contributed by atoms with Crippen molar-refractivity contribution in [2.45, 2.75) is 38.9 Å². The first-order valence-electron chi connectivity index (χ1n) is 9.36. The number of benzene rings is 2. The largest absolute Gasteiger partial charge is 0.334 e. The second-order valence-electron chi connectivity index (χ2n) is 7.14. The number of rotatable bonds is 6. The number of carbonyl (C=O) groups excluding carboxylic acids is 1. The number of amides is 2. The molecule has 3 aromatic rings. The number of nitrogens with zero attached hydrogens (tertiary/aromatic N) is 3. The summed E-state index contributed by atoms with van der Waals surface area (Å²) in [5.74, 6) is 0. The fourth-order valence-corrected chi connectivity index (χ4v) is 3.24. The van der Waals surface area contributed by atoms with Crippen LogP contribution in [0.5, 0.6) is 0 Å². The van der Waals surface area contributed by atoms with Gasteiger partial charge in [-0.1, -0.05) is 42.0 Å². The predicted molar refractivity (Wildman–Crippen MR) is 106 cm³/mol. The van der Waals surface area contributed by atoms with Gasteiger partial charge in [-0.2, -0.15) is 0 Å². The highest BCUT2D eigenvalue weighted by atomic mass is 16.2. The lowest BCUT2D eigenvalue weighted by atomic mass is 10.1. The molecule has 1 saturated carbocycles. The van der Waals surface area contributed by atoms with Crippen LogP contribution in [0.3, 0.4) is 0 Å². The van der Waals surface area contributed by atoms with E-state index in [4.69, 9.17) is 0 Å². The molecule has 0 radical (unpaired) electrons. The van der Waals surface area contributed by atoms with Gasteiger partial charge in [0.05, 0.1) is 6.33 Å². The van der Waals surface area contributed by atoms with Crippen LogP contribution < -0.4 is 5.32 Å². The zero-order chi connectivity index (χ0) is 18.6. The molecule has 1 aliphatic carbocycles. The molecule has 0 atom stereocenters. The Hall–Kier alpha value is -3.08. The summed E-state index contributed by atoms with van der Waals surface area (Å²) in [5.41, 5.74) is 4.54. The first kappa shape index (κ1) is 17.3. The summed E-state index contributed by atoms with van der Waals surface area (Å²) in [7, 11) is 0. The molecular weight excluding hydrogens is 336 g/mol. The molecule has 4 rings (SSSR count). The Morgan fingerprint density at radius 3 is 2.67 bits per heavy atom. The van der Waals surface area contributed by atoms with Gasteiger partial charge in [-0.25, -0.2) is 9.78 Å². The van der Waals surface area contributed by atoms with E-state index in [0.29, 0.717) is 19.1 Å². The molecule has 2 amide bonds. The number of aryl methyl sites for hydroxylation is 1. The van der Waals surface area contributed by atoms with Crippen molar-refractivity contribution < 1.29 is 4.79 Å². The first-order chi connectivity index (χ1) is 13.2. The average Bonchev–Trinajstić information content (AvgIpc) is 3.37. The molecule has 2 aromatic carbocycles. The van der Waals surface area contributed by atoms with Crippen molar-refractivity contribution >= 4 is 6.03 Å². The summed E-state index contributed by atoms with van der Waals surface area (Å²) in [4.78, 5) is 18.8. The highest BCUT2D eigenvalue weighted by Crippen LogP contribution is 2.28. The molecule has 27 heavy (non-hydrogen) atoms. The lowest BCUT2D eigenvalue weighted by Gasteiger charge is -2.23. The summed E-state index contributed by atoms with van der Waals surface area (Å²) in [6.45, 7) is 3.27. The van der Waals surface area contributed by atoms with Gasteiger partial charge in [-0.05, 0) is 43.0 Å². The summed E-state index contributed by atoms with van der Waals surface area (Å²) < 4.78 is 1.96. The molecule has 1 fully saturated rings. The number of imidazole rings is 1. The van der Waals surface area contributed by atoms with E-state index in [9.17, 15) is 4.79 Å². The van der Waals surface area contributed by atoms with Crippen molar-refractivity contribution in [3.8, 4) is 5.69 Å². The molecule has 1 aromatic heterocycles. The lowest BCUT2D eigenvalue weighted by molar-refractivity contribution is 0.191. The van der Waals surface area contributed by atoms with E-state index in [1.54, 1.807) is 12.5 Å². The summed E-state index contributed by atoms with van der Waals surface area (Å²) in [6.07, 6.45) is 7.64. The van der Waals surface area contributed by atoms with E-state index in [0.717, 1.165) is 24.1 Å². The van der Waals surface area contributed by atoms with E-state index in [-0.39, 0.29) is 6.03 Å². The fourth-order valence-electron chi connectivity index (χ4n) is 3.24. The number of carbonyl (C=O) groups is 1. The molecule has 5 heteroatoms. The van der Waals surface area contributed by atoms with Gasteiger partial charge in [0.2, 0.25) is 0 Å². The van der Waals surface area contributed by atoms with Crippen molar-refractivity contribution in [3.63, 3.8) is 0 Å². The van der Waals surface area contributed by atoms with Crippen LogP contribution in [0, 0.1) is 6.92 Å². The van der Waals surface area contributed by atoms with Gasteiger partial charge in [0.15, 0.2) is 0 Å². The minimum atomic E-state index is 0.0118. The van der Waals surface area contributed by atoms with Crippen LogP contribution in [0.2, 0.25) is 0 Å². The zero-order valence-corrected chi connectivity index (χ0v) is 15.5. The van der Waals surface area contributed by atoms with Crippen molar-refractivity contribution in [1.29, 1.82) is 0 Å². The van der Waals surface area contributed by atoms with Gasteiger partial charge < -0.3 is 14.8 Å². The summed E-state index contributed by atoms with van der Waals surface area (Å²) in [5, 5.41) is 3.08. The number of nitrogens with one attached hydrogen (secondary N) is 1. The standard InChI is InChI=1S/C22H24N4O/c1-17-3-2-4-19(13-17)15-26(21-9-10-21)22(27)24-14-18-5-7-20(8-6-18)25-12-11-23-16-25/h2-8,11-13,16,21H,9-10,14-15H2,1H3,(H,24,27). The molecule has 5 nitrogen and oxygen atoms in total. The third-order valence-corrected chi connectivity index (χ3v) is 4.87. The van der Waals surface area contributed by atoms with E-state index in [2.05, 4.69) is 41.5 Å². The van der Waals surface area contributed by atoms with E-state index < -0.39 is 0 Å². The third kappa shape index (κ3) is 4.37. The van der Waals surface area contributed by atoms with Crippen molar-refractivity contribution in [2.75, 3.05) is 0 Å². The van der Waals surface area contributed by atoms with Crippen molar-refractivity contribution in [3.05, 3.63) is 83.9 Å². The van der Waals surface area contributed by atoms with Crippen LogP contribution in [-0.4, -0.2) is 26.5 Å². The Labute approximate surface area is 159 Å². The fraction of sp³-hybridized carbons (Fsp3) is 0.273. The van der Waals surface area contributed by atoms with Crippen LogP contribution in [0.15, 0.2) is 67.3 Å². The van der Waals surface area contributed by atoms with Crippen LogP contribution in [-0.2, 0) is 13.1 Å². The van der Waals surface area contributed by atoms with Gasteiger partial charge >= 0.3 is 6.03 Å². The molecular formula is C22H24N4O. The highest BCUT2D eigenvalue weighted by molar-refractivity contribution is 5.75. The van der Waals surface area contributed by atoms with E-state index in [1.165, 1.54) is 11.1 Å². The maximum Gasteiger partial charge on any atom is 0.318 e. The van der Waals surface area contributed by atoms with Crippen molar-refractivity contribution in [2.24, 2.45) is 0 Å². The maximum absolute atomic E-state index is 12.7. The Bertz CT molecular complexity index is 898. The molecule has 0 saturated heterocycles. The minimum Gasteiger partial charge on any atom is -0.334 e. The smallest absolute Gasteiger partial charge is 0.318 e. The maximum atomic E-state index is 12.7. The lowest BCUT2D eigenvalue weighted by Crippen LogP contribution is -2.40. The summed E-state index contributed by atoms with van der Waals surface area (Å²) in [6, 6.07) is 16.9. The number of urea groups is 1. The second kappa shape index (κ2) is 7.66. The number of aromatic nitrogens is 2. The molecule has 0 spiro atoms. The monoisotopic (exact) mass is 360 g/mol. The normalized spacial score (nSPS) is 13.4. The van der Waals surface area contributed by atoms with Crippen molar-refractivity contribution in [1.82, 2.24) is 19.8 Å². The molecule has 0 unspecified atom stereocenters. The van der Waals surface area contributed by atoms with Crippen LogP contribution in [0.4, 0.5) is 4.79 Å². The van der Waals surface area contributed by atoms with Crippen LogP contribution in [0.1, 0.15) is 29.5 Å². The van der Waals surface area contributed by atoms with Crippen LogP contribution >= 0.6 is 0 Å². The Morgan fingerprint density at radius 2 is 2.00 bits per heavy atom. The number of hydrogen-bond acceptors (Lipinski definition) is 2. The molecule has 0 bridgehead atoms. The average molecular weight is 360 g/mol. The Kier molecular flexibility index (Phi) is 4.92. The molecule has 1 heterocycles. The molecule has 1 N–H and O–H groups in total. The Morgan fingerprint density at radius 1 is 1.19 bits per heavy atom. The topological polar surface area (TPSA) is 50.2 Å². The number of hydrogen-bond donors (Lipinski definition) is 1. The van der Waals surface area contributed by atoms with Crippen LogP contribution in [0.25, 0.3) is 5.69 Å².